The third kappa shape index (κ3) is 26.8. The van der Waals surface area contributed by atoms with Gasteiger partial charge >= 0.3 is 0 Å². The van der Waals surface area contributed by atoms with Crippen molar-refractivity contribution in [3.05, 3.63) is 30.3 Å². The lowest BCUT2D eigenvalue weighted by Crippen LogP contribution is -2.39. The summed E-state index contributed by atoms with van der Waals surface area (Å²) in [7, 11) is 0. The fourth-order valence-electron chi connectivity index (χ4n) is 5.10. The molecule has 0 aromatic heterocycles. The summed E-state index contributed by atoms with van der Waals surface area (Å²) in [6.45, 7) is 8.29. The van der Waals surface area contributed by atoms with Gasteiger partial charge in [-0.3, -0.25) is 9.59 Å². The summed E-state index contributed by atoms with van der Waals surface area (Å²) in [5, 5.41) is 2.61. The number of rotatable bonds is 24. The minimum atomic E-state index is -0.265. The lowest BCUT2D eigenvalue weighted by atomic mass is 9.82. The summed E-state index contributed by atoms with van der Waals surface area (Å²) in [5.41, 5.74) is 7.78. The van der Waals surface area contributed by atoms with E-state index in [1.807, 2.05) is 18.2 Å². The number of Topliss-reactive ketones (excluding diaryl/α,β-unsaturated/α-hetero) is 1. The topological polar surface area (TPSA) is 72.2 Å². The van der Waals surface area contributed by atoms with E-state index in [2.05, 4.69) is 26.1 Å². The summed E-state index contributed by atoms with van der Waals surface area (Å²) in [4.78, 5) is 21.7. The molecule has 0 radical (unpaired) electrons. The molecule has 0 aliphatic heterocycles. The number of amides is 1. The third-order valence-corrected chi connectivity index (χ3v) is 7.55. The molecule has 0 spiro atoms. The van der Waals surface area contributed by atoms with Crippen molar-refractivity contribution < 1.29 is 9.59 Å². The van der Waals surface area contributed by atoms with Crippen molar-refractivity contribution in [3.8, 4) is 0 Å². The average Bonchev–Trinajstić information content (AvgIpc) is 2.91. The van der Waals surface area contributed by atoms with Crippen LogP contribution in [0.3, 0.4) is 0 Å². The number of nitrogens with two attached hydrogens (primary N) is 1. The number of halogens is 1. The van der Waals surface area contributed by atoms with Gasteiger partial charge in [-0.15, -0.1) is 12.4 Å². The van der Waals surface area contributed by atoms with Gasteiger partial charge in [0.15, 0.2) is 0 Å². The molecule has 0 atom stereocenters. The Bertz CT molecular complexity index is 655. The van der Waals surface area contributed by atoms with E-state index in [0.717, 1.165) is 0 Å². The Morgan fingerprint density at radius 3 is 1.32 bits per heavy atom. The van der Waals surface area contributed by atoms with E-state index >= 15 is 0 Å². The number of nitrogens with one attached hydrogen (secondary N) is 1. The van der Waals surface area contributed by atoms with Crippen molar-refractivity contribution in [2.75, 3.05) is 5.32 Å². The van der Waals surface area contributed by atoms with Gasteiger partial charge in [-0.2, -0.15) is 0 Å². The molecule has 40 heavy (non-hydrogen) atoms. The van der Waals surface area contributed by atoms with Crippen LogP contribution < -0.4 is 11.1 Å². The summed E-state index contributed by atoms with van der Waals surface area (Å²) < 4.78 is 0. The molecule has 1 amide bonds. The van der Waals surface area contributed by atoms with Crippen LogP contribution in [0.1, 0.15) is 169 Å². The Hall–Kier alpha value is -1.39. The van der Waals surface area contributed by atoms with Gasteiger partial charge in [0.25, 0.3) is 0 Å². The van der Waals surface area contributed by atoms with E-state index in [-0.39, 0.29) is 36.1 Å². The molecule has 0 unspecified atom stereocenters. The van der Waals surface area contributed by atoms with Crippen molar-refractivity contribution in [3.63, 3.8) is 0 Å². The molecule has 1 aromatic carbocycles. The average molecular weight is 581 g/mol. The maximum atomic E-state index is 11.1. The second-order valence-corrected chi connectivity index (χ2v) is 11.7. The first-order chi connectivity index (χ1) is 18.9. The monoisotopic (exact) mass is 580 g/mol. The van der Waals surface area contributed by atoms with Crippen molar-refractivity contribution in [1.82, 2.24) is 0 Å². The molecule has 0 fully saturated rings. The molecule has 1 aromatic rings. The second kappa shape index (κ2) is 29.1. The molecule has 234 valence electrons. The lowest BCUT2D eigenvalue weighted by Gasteiger charge is -2.30. The van der Waals surface area contributed by atoms with Gasteiger partial charge < -0.3 is 11.1 Å². The molecule has 0 aliphatic rings. The second-order valence-electron chi connectivity index (χ2n) is 11.7. The first-order valence-electron chi connectivity index (χ1n) is 16.5. The Kier molecular flexibility index (Phi) is 29.7. The fraction of sp³-hybridized carbons (Fsp3) is 0.771. The van der Waals surface area contributed by atoms with Crippen LogP contribution in [0.25, 0.3) is 0 Å². The predicted molar refractivity (Wildman–Crippen MR) is 179 cm³/mol. The molecule has 0 aliphatic carbocycles. The van der Waals surface area contributed by atoms with Gasteiger partial charge in [0, 0.05) is 11.2 Å². The highest BCUT2D eigenvalue weighted by Gasteiger charge is 2.23. The van der Waals surface area contributed by atoms with Gasteiger partial charge in [0.1, 0.15) is 5.78 Å². The molecule has 4 nitrogen and oxygen atoms in total. The number of hydrogen-bond donors (Lipinski definition) is 2. The quantitative estimate of drug-likeness (QED) is 0.0943. The minimum Gasteiger partial charge on any atom is -0.326 e. The van der Waals surface area contributed by atoms with Crippen molar-refractivity contribution in [2.24, 2.45) is 5.73 Å². The lowest BCUT2D eigenvalue weighted by molar-refractivity contribution is -0.124. The van der Waals surface area contributed by atoms with Gasteiger partial charge in [0.2, 0.25) is 5.91 Å². The fourth-order valence-corrected chi connectivity index (χ4v) is 5.10. The smallest absolute Gasteiger partial charge is 0.231 e. The molecular weight excluding hydrogens is 516 g/mol. The Morgan fingerprint density at radius 1 is 0.625 bits per heavy atom. The Labute approximate surface area is 254 Å². The molecule has 5 heteroatoms. The van der Waals surface area contributed by atoms with E-state index < -0.39 is 0 Å². The summed E-state index contributed by atoms with van der Waals surface area (Å²) in [6.07, 6.45) is 28.7. The number of carbonyl (C=O) groups is 2. The van der Waals surface area contributed by atoms with Crippen LogP contribution in [-0.4, -0.2) is 17.2 Å². The standard InChI is InChI=1S/C25H53N.C10H11NO2.ClH/c1-4-7-10-13-16-19-22-25(26,23-20-17-14-11-8-5-2)24-21-18-15-12-9-6-3;1-8(12)7-10(13)11-9-5-3-2-4-6-9;/h4-24,26H2,1-3H3;2-6H,7H2,1H3,(H,11,13);1H. The van der Waals surface area contributed by atoms with Gasteiger partial charge in [-0.1, -0.05) is 155 Å². The molecular formula is C35H65ClN2O2. The number of hydrogen-bond acceptors (Lipinski definition) is 3. The minimum absolute atomic E-state index is 0. The van der Waals surface area contributed by atoms with E-state index in [9.17, 15) is 9.59 Å². The van der Waals surface area contributed by atoms with Crippen molar-refractivity contribution >= 4 is 29.8 Å². The van der Waals surface area contributed by atoms with Crippen LogP contribution >= 0.6 is 12.4 Å². The molecule has 0 bridgehead atoms. The summed E-state index contributed by atoms with van der Waals surface area (Å²) >= 11 is 0. The van der Waals surface area contributed by atoms with Crippen LogP contribution in [-0.2, 0) is 9.59 Å². The molecule has 0 saturated heterocycles. The van der Waals surface area contributed by atoms with Crippen LogP contribution in [0, 0.1) is 0 Å². The van der Waals surface area contributed by atoms with Crippen LogP contribution in [0.4, 0.5) is 5.69 Å². The number of unbranched alkanes of at least 4 members (excludes halogenated alkanes) is 15. The zero-order valence-electron chi connectivity index (χ0n) is 26.7. The maximum Gasteiger partial charge on any atom is 0.231 e. The van der Waals surface area contributed by atoms with Crippen molar-refractivity contribution in [2.45, 2.75) is 174 Å². The van der Waals surface area contributed by atoms with E-state index in [0.29, 0.717) is 5.69 Å². The molecule has 0 saturated carbocycles. The predicted octanol–water partition coefficient (Wildman–Crippen LogP) is 11.0. The highest BCUT2D eigenvalue weighted by atomic mass is 35.5. The van der Waals surface area contributed by atoms with E-state index in [1.54, 1.807) is 12.1 Å². The normalized spacial score (nSPS) is 10.8. The Balaban J connectivity index is 0. The molecule has 1 rings (SSSR count). The van der Waals surface area contributed by atoms with Gasteiger partial charge in [0.05, 0.1) is 6.42 Å². The number of carbonyl (C=O) groups excluding carboxylic acids is 2. The zero-order valence-corrected chi connectivity index (χ0v) is 27.6. The first-order valence-corrected chi connectivity index (χ1v) is 16.5. The third-order valence-electron chi connectivity index (χ3n) is 7.55. The van der Waals surface area contributed by atoms with Crippen LogP contribution in [0.15, 0.2) is 30.3 Å². The number of ketones is 1. The van der Waals surface area contributed by atoms with Crippen molar-refractivity contribution in [1.29, 1.82) is 0 Å². The van der Waals surface area contributed by atoms with Gasteiger partial charge in [-0.25, -0.2) is 0 Å². The zero-order chi connectivity index (χ0) is 29.0. The highest BCUT2D eigenvalue weighted by Crippen LogP contribution is 2.27. The van der Waals surface area contributed by atoms with E-state index in [4.69, 9.17) is 5.73 Å². The van der Waals surface area contributed by atoms with Crippen LogP contribution in [0.5, 0.6) is 0 Å². The Morgan fingerprint density at radius 2 is 0.975 bits per heavy atom. The first kappa shape index (κ1) is 40.7. The molecule has 3 N–H and O–H groups in total. The van der Waals surface area contributed by atoms with Gasteiger partial charge in [-0.05, 0) is 38.3 Å². The SMILES string of the molecule is CC(=O)CC(=O)Nc1ccccc1.CCCCCCCCC(N)(CCCCCCCC)CCCCCCCC.Cl. The summed E-state index contributed by atoms with van der Waals surface area (Å²) in [5.74, 6) is -0.396. The van der Waals surface area contributed by atoms with E-state index in [1.165, 1.54) is 142 Å². The van der Waals surface area contributed by atoms with Crippen LogP contribution in [0.2, 0.25) is 0 Å². The maximum absolute atomic E-state index is 11.1. The number of benzene rings is 1. The highest BCUT2D eigenvalue weighted by molar-refractivity contribution is 6.03. The largest absolute Gasteiger partial charge is 0.326 e. The number of anilines is 1. The number of para-hydroxylation sites is 1. The molecule has 0 heterocycles. The summed E-state index contributed by atoms with van der Waals surface area (Å²) in [6, 6.07) is 9.06.